The smallest absolute Gasteiger partial charge is 0.317 e. The molecule has 7 nitrogen and oxygen atoms in total. The van der Waals surface area contributed by atoms with E-state index in [9.17, 15) is 9.59 Å². The third kappa shape index (κ3) is 4.89. The Morgan fingerprint density at radius 1 is 1.50 bits per heavy atom. The maximum atomic E-state index is 11.8. The van der Waals surface area contributed by atoms with Crippen LogP contribution in [0.5, 0.6) is 0 Å². The second-order valence-electron chi connectivity index (χ2n) is 4.29. The van der Waals surface area contributed by atoms with E-state index in [2.05, 4.69) is 5.32 Å². The highest BCUT2D eigenvalue weighted by atomic mass is 16.5. The van der Waals surface area contributed by atoms with Crippen molar-refractivity contribution in [3.8, 4) is 0 Å². The molecule has 7 heteroatoms. The number of nitrogens with one attached hydrogen (secondary N) is 1. The summed E-state index contributed by atoms with van der Waals surface area (Å²) >= 11 is 0. The van der Waals surface area contributed by atoms with Gasteiger partial charge >= 0.3 is 12.0 Å². The minimum absolute atomic E-state index is 0.0766. The molecule has 0 heterocycles. The van der Waals surface area contributed by atoms with Crippen LogP contribution < -0.4 is 5.32 Å². The van der Waals surface area contributed by atoms with Crippen molar-refractivity contribution in [2.24, 2.45) is 0 Å². The average Bonchev–Trinajstić information content (AvgIpc) is 3.14. The lowest BCUT2D eigenvalue weighted by Crippen LogP contribution is -2.45. The number of rotatable bonds is 8. The fourth-order valence-electron chi connectivity index (χ4n) is 1.68. The highest BCUT2D eigenvalue weighted by Gasteiger charge is 2.32. The van der Waals surface area contributed by atoms with Crippen molar-refractivity contribution in [1.82, 2.24) is 10.2 Å². The minimum atomic E-state index is -0.967. The van der Waals surface area contributed by atoms with Gasteiger partial charge in [-0.15, -0.1) is 0 Å². The van der Waals surface area contributed by atoms with E-state index in [4.69, 9.17) is 14.9 Å². The summed E-state index contributed by atoms with van der Waals surface area (Å²) in [5, 5.41) is 20.1. The van der Waals surface area contributed by atoms with E-state index in [1.54, 1.807) is 4.90 Å². The van der Waals surface area contributed by atoms with Gasteiger partial charge in [-0.3, -0.25) is 4.79 Å². The van der Waals surface area contributed by atoms with E-state index in [1.165, 1.54) is 7.11 Å². The maximum Gasteiger partial charge on any atom is 0.317 e. The number of aliphatic carboxylic acids is 1. The molecule has 1 aliphatic carbocycles. The van der Waals surface area contributed by atoms with Gasteiger partial charge in [-0.2, -0.15) is 0 Å². The van der Waals surface area contributed by atoms with Crippen LogP contribution in [0.25, 0.3) is 0 Å². The van der Waals surface area contributed by atoms with Crippen molar-refractivity contribution >= 4 is 12.0 Å². The van der Waals surface area contributed by atoms with Crippen molar-refractivity contribution in [3.05, 3.63) is 0 Å². The number of hydrogen-bond donors (Lipinski definition) is 3. The van der Waals surface area contributed by atoms with Gasteiger partial charge in [0.2, 0.25) is 0 Å². The zero-order valence-electron chi connectivity index (χ0n) is 10.5. The molecule has 1 aliphatic rings. The fraction of sp³-hybridized carbons (Fsp3) is 0.818. The Hall–Kier alpha value is -1.34. The van der Waals surface area contributed by atoms with Crippen LogP contribution in [0.15, 0.2) is 0 Å². The first-order valence-electron chi connectivity index (χ1n) is 5.98. The third-order valence-corrected chi connectivity index (χ3v) is 2.81. The lowest BCUT2D eigenvalue weighted by Gasteiger charge is -2.23. The van der Waals surface area contributed by atoms with Crippen LogP contribution in [0.2, 0.25) is 0 Å². The molecule has 1 rings (SSSR count). The predicted molar refractivity (Wildman–Crippen MR) is 63.3 cm³/mol. The Balaban J connectivity index is 2.35. The number of carbonyl (C=O) groups excluding carboxylic acids is 1. The standard InChI is InChI=1S/C11H20N2O5/c1-18-9(6-10(15)16)7-12-11(17)13(4-5-14)8-2-3-8/h8-9,14H,2-7H2,1H3,(H,12,17)(H,15,16). The quantitative estimate of drug-likeness (QED) is 0.553. The molecule has 1 fully saturated rings. The highest BCUT2D eigenvalue weighted by molar-refractivity contribution is 5.75. The first-order chi connectivity index (χ1) is 8.58. The Morgan fingerprint density at radius 3 is 2.61 bits per heavy atom. The van der Waals surface area contributed by atoms with Crippen LogP contribution in [0.3, 0.4) is 0 Å². The summed E-state index contributed by atoms with van der Waals surface area (Å²) in [6, 6.07) is -0.0726. The molecule has 2 amide bonds. The average molecular weight is 260 g/mol. The van der Waals surface area contributed by atoms with Gasteiger partial charge in [0, 0.05) is 26.2 Å². The first-order valence-corrected chi connectivity index (χ1v) is 5.98. The fourth-order valence-corrected chi connectivity index (χ4v) is 1.68. The maximum absolute atomic E-state index is 11.8. The summed E-state index contributed by atoms with van der Waals surface area (Å²) in [5.74, 6) is -0.967. The van der Waals surface area contributed by atoms with Crippen LogP contribution in [0.4, 0.5) is 4.79 Å². The molecule has 0 aromatic heterocycles. The van der Waals surface area contributed by atoms with Gasteiger partial charge in [-0.05, 0) is 12.8 Å². The molecule has 1 unspecified atom stereocenters. The van der Waals surface area contributed by atoms with Crippen molar-refractivity contribution in [3.63, 3.8) is 0 Å². The molecule has 0 saturated heterocycles. The first kappa shape index (κ1) is 14.7. The van der Waals surface area contributed by atoms with E-state index in [-0.39, 0.29) is 31.6 Å². The number of carbonyl (C=O) groups is 2. The molecule has 3 N–H and O–H groups in total. The summed E-state index contributed by atoms with van der Waals surface area (Å²) in [6.45, 7) is 0.371. The van der Waals surface area contributed by atoms with Crippen LogP contribution in [0, 0.1) is 0 Å². The van der Waals surface area contributed by atoms with Gasteiger partial charge in [0.1, 0.15) is 0 Å². The summed E-state index contributed by atoms with van der Waals surface area (Å²) in [6.07, 6.45) is 1.22. The number of carboxylic acid groups (broad SMARTS) is 1. The summed E-state index contributed by atoms with van der Waals surface area (Å²) in [7, 11) is 1.41. The Labute approximate surface area is 106 Å². The SMILES string of the molecule is COC(CNC(=O)N(CCO)C1CC1)CC(=O)O. The number of aliphatic hydroxyl groups is 1. The largest absolute Gasteiger partial charge is 0.481 e. The molecule has 0 aromatic rings. The lowest BCUT2D eigenvalue weighted by molar-refractivity contribution is -0.139. The number of methoxy groups -OCH3 is 1. The van der Waals surface area contributed by atoms with Gasteiger partial charge < -0.3 is 25.2 Å². The van der Waals surface area contributed by atoms with Gasteiger partial charge in [0.05, 0.1) is 19.1 Å². The van der Waals surface area contributed by atoms with Crippen LogP contribution in [0.1, 0.15) is 19.3 Å². The molecule has 1 atom stereocenters. The normalized spacial score (nSPS) is 16.1. The molecule has 0 radical (unpaired) electrons. The number of urea groups is 1. The molecule has 0 aliphatic heterocycles. The van der Waals surface area contributed by atoms with Crippen molar-refractivity contribution < 1.29 is 24.5 Å². The molecule has 104 valence electrons. The zero-order valence-corrected chi connectivity index (χ0v) is 10.5. The molecular formula is C11H20N2O5. The Kier molecular flexibility index (Phi) is 5.87. The zero-order chi connectivity index (χ0) is 13.5. The lowest BCUT2D eigenvalue weighted by atomic mass is 10.2. The minimum Gasteiger partial charge on any atom is -0.481 e. The van der Waals surface area contributed by atoms with E-state index >= 15 is 0 Å². The van der Waals surface area contributed by atoms with Gasteiger partial charge in [0.25, 0.3) is 0 Å². The molecular weight excluding hydrogens is 240 g/mol. The molecule has 0 bridgehead atoms. The molecule has 18 heavy (non-hydrogen) atoms. The number of ether oxygens (including phenoxy) is 1. The summed E-state index contributed by atoms with van der Waals surface area (Å²) in [5.41, 5.74) is 0. The second kappa shape index (κ2) is 7.17. The summed E-state index contributed by atoms with van der Waals surface area (Å²) < 4.78 is 4.96. The number of hydrogen-bond acceptors (Lipinski definition) is 4. The monoisotopic (exact) mass is 260 g/mol. The number of carboxylic acids is 1. The van der Waals surface area contributed by atoms with E-state index < -0.39 is 12.1 Å². The molecule has 1 saturated carbocycles. The number of nitrogens with zero attached hydrogens (tertiary/aromatic N) is 1. The van der Waals surface area contributed by atoms with Gasteiger partial charge in [0.15, 0.2) is 0 Å². The summed E-state index contributed by atoms with van der Waals surface area (Å²) in [4.78, 5) is 23.9. The van der Waals surface area contributed by atoms with Gasteiger partial charge in [-0.1, -0.05) is 0 Å². The molecule has 0 aromatic carbocycles. The topological polar surface area (TPSA) is 99.1 Å². The van der Waals surface area contributed by atoms with Crippen molar-refractivity contribution in [2.75, 3.05) is 26.8 Å². The van der Waals surface area contributed by atoms with Crippen LogP contribution in [-0.2, 0) is 9.53 Å². The van der Waals surface area contributed by atoms with Gasteiger partial charge in [-0.25, -0.2) is 4.79 Å². The number of aliphatic hydroxyl groups excluding tert-OH is 1. The third-order valence-electron chi connectivity index (χ3n) is 2.81. The van der Waals surface area contributed by atoms with Crippen LogP contribution >= 0.6 is 0 Å². The van der Waals surface area contributed by atoms with Crippen LogP contribution in [-0.4, -0.2) is 66.1 Å². The van der Waals surface area contributed by atoms with Crippen molar-refractivity contribution in [1.29, 1.82) is 0 Å². The van der Waals surface area contributed by atoms with E-state index in [1.807, 2.05) is 0 Å². The highest BCUT2D eigenvalue weighted by Crippen LogP contribution is 2.26. The molecule has 0 spiro atoms. The number of amides is 2. The second-order valence-corrected chi connectivity index (χ2v) is 4.29. The Bertz CT molecular complexity index is 293. The van der Waals surface area contributed by atoms with E-state index in [0.29, 0.717) is 6.54 Å². The van der Waals surface area contributed by atoms with E-state index in [0.717, 1.165) is 12.8 Å². The van der Waals surface area contributed by atoms with Crippen molar-refractivity contribution in [2.45, 2.75) is 31.4 Å². The predicted octanol–water partition coefficient (Wildman–Crippen LogP) is -0.358. The Morgan fingerprint density at radius 2 is 2.17 bits per heavy atom.